The fraction of sp³-hybridized carbons (Fsp3) is 0.625. The highest BCUT2D eigenvalue weighted by Crippen LogP contribution is 2.46. The van der Waals surface area contributed by atoms with Crippen LogP contribution < -0.4 is 10.1 Å². The molecule has 1 unspecified atom stereocenters. The lowest BCUT2D eigenvalue weighted by atomic mass is 9.76. The van der Waals surface area contributed by atoms with Crippen LogP contribution >= 0.6 is 15.9 Å². The second kappa shape index (κ2) is 5.66. The number of hydrogen-bond donors (Lipinski definition) is 1. The zero-order valence-electron chi connectivity index (χ0n) is 12.1. The van der Waals surface area contributed by atoms with Crippen LogP contribution in [0.15, 0.2) is 22.7 Å². The maximum atomic E-state index is 6.42. The minimum atomic E-state index is -0.0104. The van der Waals surface area contributed by atoms with E-state index in [1.807, 2.05) is 14.2 Å². The fourth-order valence-electron chi connectivity index (χ4n) is 3.56. The van der Waals surface area contributed by atoms with E-state index in [1.165, 1.54) is 5.56 Å². The van der Waals surface area contributed by atoms with Crippen LogP contribution in [0.4, 0.5) is 0 Å². The molecule has 0 aromatic heterocycles. The van der Waals surface area contributed by atoms with E-state index in [2.05, 4.69) is 39.4 Å². The van der Waals surface area contributed by atoms with Gasteiger partial charge in [0.05, 0.1) is 6.10 Å². The topological polar surface area (TPSA) is 30.5 Å². The summed E-state index contributed by atoms with van der Waals surface area (Å²) in [7, 11) is 3.85. The number of hydrogen-bond acceptors (Lipinski definition) is 3. The van der Waals surface area contributed by atoms with Crippen LogP contribution in [-0.4, -0.2) is 25.9 Å². The van der Waals surface area contributed by atoms with Gasteiger partial charge in [0, 0.05) is 29.6 Å². The third-order valence-electron chi connectivity index (χ3n) is 4.78. The van der Waals surface area contributed by atoms with E-state index in [0.29, 0.717) is 12.1 Å². The summed E-state index contributed by atoms with van der Waals surface area (Å²) in [6.45, 7) is 0. The highest BCUT2D eigenvalue weighted by atomic mass is 79.9. The highest BCUT2D eigenvalue weighted by Gasteiger charge is 2.43. The summed E-state index contributed by atoms with van der Waals surface area (Å²) in [5.41, 5.74) is 1.25. The molecular formula is C16H22BrNO2. The van der Waals surface area contributed by atoms with Gasteiger partial charge in [-0.05, 0) is 50.9 Å². The van der Waals surface area contributed by atoms with E-state index in [9.17, 15) is 0 Å². The molecule has 0 saturated heterocycles. The standard InChI is InChI=1S/C16H22BrNO2/c1-18-14-10-16(7-5-12(19-2)6-8-16)20-15-4-3-11(17)9-13(14)15/h3-4,9,12,14,18H,5-8,10H2,1-2H3. The Morgan fingerprint density at radius 2 is 2.10 bits per heavy atom. The molecule has 1 fully saturated rings. The Hall–Kier alpha value is -0.580. The lowest BCUT2D eigenvalue weighted by Crippen LogP contribution is -2.47. The van der Waals surface area contributed by atoms with Gasteiger partial charge in [0.25, 0.3) is 0 Å². The molecule has 1 spiro atoms. The molecule has 110 valence electrons. The van der Waals surface area contributed by atoms with E-state index in [0.717, 1.165) is 42.3 Å². The van der Waals surface area contributed by atoms with Crippen molar-refractivity contribution in [3.8, 4) is 5.75 Å². The Balaban J connectivity index is 1.86. The van der Waals surface area contributed by atoms with Gasteiger partial charge in [0.1, 0.15) is 11.4 Å². The van der Waals surface area contributed by atoms with Crippen LogP contribution in [0.1, 0.15) is 43.7 Å². The van der Waals surface area contributed by atoms with Crippen molar-refractivity contribution in [2.75, 3.05) is 14.2 Å². The number of methoxy groups -OCH3 is 1. The molecule has 1 N–H and O–H groups in total. The summed E-state index contributed by atoms with van der Waals surface area (Å²) in [6.07, 6.45) is 5.81. The molecule has 1 aliphatic heterocycles. The number of halogens is 1. The van der Waals surface area contributed by atoms with Crippen molar-refractivity contribution in [3.63, 3.8) is 0 Å². The van der Waals surface area contributed by atoms with Gasteiger partial charge in [-0.2, -0.15) is 0 Å². The van der Waals surface area contributed by atoms with Crippen LogP contribution in [0.5, 0.6) is 5.75 Å². The minimum Gasteiger partial charge on any atom is -0.487 e. The third-order valence-corrected chi connectivity index (χ3v) is 5.27. The smallest absolute Gasteiger partial charge is 0.125 e. The van der Waals surface area contributed by atoms with Gasteiger partial charge in [-0.3, -0.25) is 0 Å². The van der Waals surface area contributed by atoms with Gasteiger partial charge < -0.3 is 14.8 Å². The summed E-state index contributed by atoms with van der Waals surface area (Å²) in [5, 5.41) is 3.45. The fourth-order valence-corrected chi connectivity index (χ4v) is 3.94. The van der Waals surface area contributed by atoms with Gasteiger partial charge in [0.2, 0.25) is 0 Å². The van der Waals surface area contributed by atoms with Crippen LogP contribution in [0, 0.1) is 0 Å². The van der Waals surface area contributed by atoms with Gasteiger partial charge in [-0.25, -0.2) is 0 Å². The molecule has 1 aromatic carbocycles. The molecular weight excluding hydrogens is 318 g/mol. The number of ether oxygens (including phenoxy) is 2. The van der Waals surface area contributed by atoms with Crippen LogP contribution in [0.2, 0.25) is 0 Å². The van der Waals surface area contributed by atoms with Crippen LogP contribution in [0.3, 0.4) is 0 Å². The predicted octanol–water partition coefficient (Wildman–Crippen LogP) is 3.82. The molecule has 3 nitrogen and oxygen atoms in total. The summed E-state index contributed by atoms with van der Waals surface area (Å²) in [6, 6.07) is 6.69. The van der Waals surface area contributed by atoms with Gasteiger partial charge in [-0.15, -0.1) is 0 Å². The van der Waals surface area contributed by atoms with Gasteiger partial charge in [0.15, 0.2) is 0 Å². The van der Waals surface area contributed by atoms with Crippen molar-refractivity contribution < 1.29 is 9.47 Å². The molecule has 0 bridgehead atoms. The third kappa shape index (κ3) is 2.61. The lowest BCUT2D eigenvalue weighted by Gasteiger charge is -2.46. The van der Waals surface area contributed by atoms with E-state index in [4.69, 9.17) is 9.47 Å². The first-order chi connectivity index (χ1) is 9.65. The molecule has 1 aliphatic carbocycles. The molecule has 1 saturated carbocycles. The van der Waals surface area contributed by atoms with Crippen LogP contribution in [0.25, 0.3) is 0 Å². The van der Waals surface area contributed by atoms with Crippen molar-refractivity contribution in [2.24, 2.45) is 0 Å². The number of rotatable bonds is 2. The van der Waals surface area contributed by atoms with E-state index < -0.39 is 0 Å². The van der Waals surface area contributed by atoms with E-state index in [1.54, 1.807) is 0 Å². The molecule has 0 amide bonds. The largest absolute Gasteiger partial charge is 0.487 e. The molecule has 0 radical (unpaired) electrons. The lowest BCUT2D eigenvalue weighted by molar-refractivity contribution is -0.0449. The number of nitrogens with one attached hydrogen (secondary N) is 1. The molecule has 1 atom stereocenters. The molecule has 1 aromatic rings. The molecule has 3 rings (SSSR count). The summed E-state index contributed by atoms with van der Waals surface area (Å²) in [5.74, 6) is 1.04. The molecule has 2 aliphatic rings. The zero-order valence-corrected chi connectivity index (χ0v) is 13.7. The van der Waals surface area contributed by atoms with Crippen molar-refractivity contribution in [2.45, 2.75) is 49.9 Å². The summed E-state index contributed by atoms with van der Waals surface area (Å²) >= 11 is 3.55. The van der Waals surface area contributed by atoms with Crippen molar-refractivity contribution >= 4 is 15.9 Å². The SMILES string of the molecule is CNC1CC2(CCC(OC)CC2)Oc2ccc(Br)cc21. The summed E-state index contributed by atoms with van der Waals surface area (Å²) in [4.78, 5) is 0. The number of fused-ring (bicyclic) bond motifs is 1. The first-order valence-corrected chi connectivity index (χ1v) is 8.13. The molecule has 4 heteroatoms. The predicted molar refractivity (Wildman–Crippen MR) is 83.2 cm³/mol. The first kappa shape index (κ1) is 14.4. The normalized spacial score (nSPS) is 32.8. The zero-order chi connectivity index (χ0) is 14.2. The first-order valence-electron chi connectivity index (χ1n) is 7.34. The van der Waals surface area contributed by atoms with E-state index >= 15 is 0 Å². The van der Waals surface area contributed by atoms with Gasteiger partial charge >= 0.3 is 0 Å². The highest BCUT2D eigenvalue weighted by molar-refractivity contribution is 9.10. The number of benzene rings is 1. The minimum absolute atomic E-state index is 0.0104. The maximum Gasteiger partial charge on any atom is 0.125 e. The Morgan fingerprint density at radius 1 is 1.35 bits per heavy atom. The average Bonchev–Trinajstić information content (AvgIpc) is 2.48. The second-order valence-electron chi connectivity index (χ2n) is 5.95. The molecule has 20 heavy (non-hydrogen) atoms. The Labute approximate surface area is 129 Å². The van der Waals surface area contributed by atoms with Gasteiger partial charge in [-0.1, -0.05) is 15.9 Å². The quantitative estimate of drug-likeness (QED) is 0.888. The van der Waals surface area contributed by atoms with Crippen molar-refractivity contribution in [1.82, 2.24) is 5.32 Å². The maximum absolute atomic E-state index is 6.42. The average molecular weight is 340 g/mol. The summed E-state index contributed by atoms with van der Waals surface area (Å²) < 4.78 is 13.0. The van der Waals surface area contributed by atoms with Crippen molar-refractivity contribution in [3.05, 3.63) is 28.2 Å². The van der Waals surface area contributed by atoms with Crippen molar-refractivity contribution in [1.29, 1.82) is 0 Å². The second-order valence-corrected chi connectivity index (χ2v) is 6.86. The Bertz CT molecular complexity index is 483. The van der Waals surface area contributed by atoms with Crippen LogP contribution in [-0.2, 0) is 4.74 Å². The molecule has 1 heterocycles. The Morgan fingerprint density at radius 3 is 2.75 bits per heavy atom. The monoisotopic (exact) mass is 339 g/mol. The van der Waals surface area contributed by atoms with E-state index in [-0.39, 0.29) is 5.60 Å². The Kier molecular flexibility index (Phi) is 4.07.